The van der Waals surface area contributed by atoms with Crippen molar-refractivity contribution in [2.45, 2.75) is 18.8 Å². The highest BCUT2D eigenvalue weighted by molar-refractivity contribution is 6.43. The van der Waals surface area contributed by atoms with Crippen LogP contribution in [0.2, 0.25) is 0 Å². The van der Waals surface area contributed by atoms with Crippen LogP contribution in [-0.2, 0) is 17.6 Å². The summed E-state index contributed by atoms with van der Waals surface area (Å²) in [5.41, 5.74) is 2.03. The number of hydrogen-bond acceptors (Lipinski definition) is 6. The number of carbonyl (C=O) groups is 1. The zero-order valence-electron chi connectivity index (χ0n) is 14.3. The van der Waals surface area contributed by atoms with Gasteiger partial charge in [-0.15, -0.1) is 0 Å². The van der Waals surface area contributed by atoms with Crippen molar-refractivity contribution < 1.29 is 24.0 Å². The second-order valence-corrected chi connectivity index (χ2v) is 5.90. The Labute approximate surface area is 150 Å². The first-order chi connectivity index (χ1) is 12.6. The van der Waals surface area contributed by atoms with Crippen LogP contribution in [0.3, 0.4) is 0 Å². The third kappa shape index (κ3) is 4.22. The van der Waals surface area contributed by atoms with Gasteiger partial charge >= 0.3 is 7.12 Å². The molecule has 3 aromatic rings. The number of amides is 1. The number of carbonyl (C=O) groups excluding carboxylic acids is 1. The maximum atomic E-state index is 12.3. The number of aromatic nitrogens is 1. The van der Waals surface area contributed by atoms with Crippen molar-refractivity contribution in [2.24, 2.45) is 0 Å². The summed E-state index contributed by atoms with van der Waals surface area (Å²) < 4.78 is 10.5. The molecule has 134 valence electrons. The van der Waals surface area contributed by atoms with Crippen LogP contribution in [0, 0.1) is 0 Å². The van der Waals surface area contributed by atoms with Crippen LogP contribution in [0.25, 0.3) is 11.0 Å². The van der Waals surface area contributed by atoms with E-state index in [1.807, 2.05) is 24.3 Å². The molecule has 0 aliphatic rings. The summed E-state index contributed by atoms with van der Waals surface area (Å²) >= 11 is 0. The largest absolute Gasteiger partial charge is 0.481 e. The summed E-state index contributed by atoms with van der Waals surface area (Å²) in [5.74, 6) is -0.815. The Morgan fingerprint density at radius 2 is 2.08 bits per heavy atom. The number of nitrogens with zero attached hydrogens (tertiary/aromatic N) is 1. The lowest BCUT2D eigenvalue weighted by Gasteiger charge is -2.17. The maximum Gasteiger partial charge on any atom is 0.475 e. The van der Waals surface area contributed by atoms with Gasteiger partial charge in [0.15, 0.2) is 0 Å². The van der Waals surface area contributed by atoms with Crippen LogP contribution in [-0.4, -0.2) is 41.1 Å². The number of ether oxygens (including phenoxy) is 1. The summed E-state index contributed by atoms with van der Waals surface area (Å²) in [6, 6.07) is 12.6. The summed E-state index contributed by atoms with van der Waals surface area (Å²) in [6.07, 6.45) is 1.80. The highest BCUT2D eigenvalue weighted by Gasteiger charge is 2.27. The molecular formula is C18H19BN2O5. The first-order valence-electron chi connectivity index (χ1n) is 8.17. The van der Waals surface area contributed by atoms with Gasteiger partial charge in [0.05, 0.1) is 31.4 Å². The summed E-state index contributed by atoms with van der Waals surface area (Å²) in [6.45, 7) is 0. The van der Waals surface area contributed by atoms with Crippen molar-refractivity contribution in [3.8, 4) is 5.88 Å². The minimum atomic E-state index is -1.70. The first-order valence-corrected chi connectivity index (χ1v) is 8.17. The van der Waals surface area contributed by atoms with Gasteiger partial charge in [0.2, 0.25) is 11.8 Å². The second kappa shape index (κ2) is 8.03. The molecule has 1 aromatic carbocycles. The van der Waals surface area contributed by atoms with E-state index in [1.54, 1.807) is 24.5 Å². The molecule has 7 nitrogen and oxygen atoms in total. The molecule has 0 aliphatic heterocycles. The van der Waals surface area contributed by atoms with Gasteiger partial charge in [0, 0.05) is 11.5 Å². The van der Waals surface area contributed by atoms with Crippen LogP contribution in [0.4, 0.5) is 0 Å². The lowest BCUT2D eigenvalue weighted by molar-refractivity contribution is -0.120. The van der Waals surface area contributed by atoms with Crippen molar-refractivity contribution in [1.82, 2.24) is 10.3 Å². The highest BCUT2D eigenvalue weighted by Crippen LogP contribution is 2.22. The minimum Gasteiger partial charge on any atom is -0.481 e. The van der Waals surface area contributed by atoms with Gasteiger partial charge in [-0.05, 0) is 24.1 Å². The van der Waals surface area contributed by atoms with Crippen molar-refractivity contribution >= 4 is 24.0 Å². The lowest BCUT2D eigenvalue weighted by atomic mass is 9.76. The van der Waals surface area contributed by atoms with Crippen LogP contribution >= 0.6 is 0 Å². The van der Waals surface area contributed by atoms with Gasteiger partial charge < -0.3 is 24.5 Å². The lowest BCUT2D eigenvalue weighted by Crippen LogP contribution is -2.48. The van der Waals surface area contributed by atoms with Crippen molar-refractivity contribution in [1.29, 1.82) is 0 Å². The van der Waals surface area contributed by atoms with Crippen LogP contribution in [0.1, 0.15) is 11.3 Å². The molecule has 3 rings (SSSR count). The molecule has 2 aromatic heterocycles. The zero-order valence-corrected chi connectivity index (χ0v) is 14.3. The molecule has 1 atom stereocenters. The van der Waals surface area contributed by atoms with Crippen LogP contribution < -0.4 is 10.1 Å². The van der Waals surface area contributed by atoms with E-state index in [0.717, 1.165) is 10.9 Å². The molecule has 0 aliphatic carbocycles. The molecule has 0 radical (unpaired) electrons. The van der Waals surface area contributed by atoms with E-state index >= 15 is 0 Å². The number of methoxy groups -OCH3 is 1. The fourth-order valence-corrected chi connectivity index (χ4v) is 2.75. The van der Waals surface area contributed by atoms with Gasteiger partial charge in [-0.3, -0.25) is 4.79 Å². The van der Waals surface area contributed by atoms with E-state index in [2.05, 4.69) is 10.3 Å². The molecule has 0 saturated heterocycles. The van der Waals surface area contributed by atoms with E-state index in [-0.39, 0.29) is 18.7 Å². The fraction of sp³-hybridized carbons (Fsp3) is 0.222. The normalized spacial score (nSPS) is 12.0. The third-order valence-electron chi connectivity index (χ3n) is 4.04. The molecule has 0 fully saturated rings. The number of benzene rings is 1. The van der Waals surface area contributed by atoms with Crippen molar-refractivity contribution in [3.05, 3.63) is 60.0 Å². The number of hydrogen-bond donors (Lipinski definition) is 3. The van der Waals surface area contributed by atoms with E-state index in [0.29, 0.717) is 17.2 Å². The number of nitrogens with one attached hydrogen (secondary N) is 1. The van der Waals surface area contributed by atoms with Gasteiger partial charge in [-0.25, -0.2) is 4.98 Å². The Bertz CT molecular complexity index is 896. The van der Waals surface area contributed by atoms with E-state index in [9.17, 15) is 14.8 Å². The highest BCUT2D eigenvalue weighted by atomic mass is 16.5. The van der Waals surface area contributed by atoms with E-state index in [1.165, 1.54) is 7.11 Å². The smallest absolute Gasteiger partial charge is 0.475 e. The molecule has 1 amide bonds. The number of furan rings is 1. The van der Waals surface area contributed by atoms with Gasteiger partial charge in [0.1, 0.15) is 5.58 Å². The molecule has 0 saturated carbocycles. The summed E-state index contributed by atoms with van der Waals surface area (Å²) in [5, 5.41) is 22.8. The van der Waals surface area contributed by atoms with E-state index < -0.39 is 13.1 Å². The molecule has 1 unspecified atom stereocenters. The molecule has 0 spiro atoms. The average molecular weight is 354 g/mol. The van der Waals surface area contributed by atoms with E-state index in [4.69, 9.17) is 9.15 Å². The Kier molecular flexibility index (Phi) is 5.55. The zero-order chi connectivity index (χ0) is 18.5. The molecule has 2 heterocycles. The molecular weight excluding hydrogens is 335 g/mol. The monoisotopic (exact) mass is 354 g/mol. The quantitative estimate of drug-likeness (QED) is 0.549. The standard InChI is InChI=1S/C18H19BN2O5/c1-25-18-8-4-5-13(20-18)10-17(22)21-16(19(23)24)9-12-11-26-15-7-3-2-6-14(12)15/h2-8,11,16,23-24H,9-10H2,1H3,(H,21,22). The predicted octanol–water partition coefficient (Wildman–Crippen LogP) is 1.12. The summed E-state index contributed by atoms with van der Waals surface area (Å²) in [4.78, 5) is 16.5. The van der Waals surface area contributed by atoms with Crippen LogP contribution in [0.5, 0.6) is 5.88 Å². The molecule has 0 bridgehead atoms. The SMILES string of the molecule is COc1cccc(CC(=O)NC(Cc2coc3ccccc23)B(O)O)n1. The molecule has 3 N–H and O–H groups in total. The average Bonchev–Trinajstić information content (AvgIpc) is 3.04. The first kappa shape index (κ1) is 18.0. The Morgan fingerprint density at radius 1 is 1.27 bits per heavy atom. The Morgan fingerprint density at radius 3 is 2.85 bits per heavy atom. The number of pyridine rings is 1. The predicted molar refractivity (Wildman–Crippen MR) is 96.5 cm³/mol. The second-order valence-electron chi connectivity index (χ2n) is 5.90. The topological polar surface area (TPSA) is 105 Å². The van der Waals surface area contributed by atoms with Gasteiger partial charge in [0.25, 0.3) is 0 Å². The van der Waals surface area contributed by atoms with Crippen LogP contribution in [0.15, 0.2) is 53.1 Å². The Hall–Kier alpha value is -2.84. The van der Waals surface area contributed by atoms with Gasteiger partial charge in [-0.2, -0.15) is 0 Å². The molecule has 8 heteroatoms. The Balaban J connectivity index is 1.69. The minimum absolute atomic E-state index is 0.00650. The molecule has 26 heavy (non-hydrogen) atoms. The van der Waals surface area contributed by atoms with Crippen molar-refractivity contribution in [3.63, 3.8) is 0 Å². The fourth-order valence-electron chi connectivity index (χ4n) is 2.75. The number of para-hydroxylation sites is 1. The number of fused-ring (bicyclic) bond motifs is 1. The maximum absolute atomic E-state index is 12.3. The van der Waals surface area contributed by atoms with Gasteiger partial charge in [-0.1, -0.05) is 24.3 Å². The summed E-state index contributed by atoms with van der Waals surface area (Å²) in [7, 11) is -0.203. The third-order valence-corrected chi connectivity index (χ3v) is 4.04. The number of rotatable bonds is 7. The van der Waals surface area contributed by atoms with Crippen molar-refractivity contribution in [2.75, 3.05) is 7.11 Å².